The van der Waals surface area contributed by atoms with E-state index in [0.717, 1.165) is 29.6 Å². The third kappa shape index (κ3) is 2.64. The van der Waals surface area contributed by atoms with Gasteiger partial charge in [0.05, 0.1) is 11.3 Å². The summed E-state index contributed by atoms with van der Waals surface area (Å²) >= 11 is 3.07. The number of hydrogen-bond donors (Lipinski definition) is 3. The first-order valence-electron chi connectivity index (χ1n) is 5.83. The molecule has 1 saturated heterocycles. The van der Waals surface area contributed by atoms with Gasteiger partial charge >= 0.3 is 0 Å². The lowest BCUT2D eigenvalue weighted by atomic mass is 10.2. The van der Waals surface area contributed by atoms with Crippen LogP contribution in [-0.4, -0.2) is 43.5 Å². The van der Waals surface area contributed by atoms with Crippen LogP contribution in [0.4, 0.5) is 10.7 Å². The minimum absolute atomic E-state index is 0.185. The summed E-state index contributed by atoms with van der Waals surface area (Å²) in [5, 5.41) is 3.30. The topological polar surface area (TPSA) is 101 Å². The Labute approximate surface area is 119 Å². The smallest absolute Gasteiger partial charge is 0.260 e. The average Bonchev–Trinajstić information content (AvgIpc) is 2.77. The van der Waals surface area contributed by atoms with E-state index >= 15 is 0 Å². The summed E-state index contributed by atoms with van der Waals surface area (Å²) in [6.07, 6.45) is 0. The minimum atomic E-state index is -0.592. The molecule has 0 aromatic carbocycles. The molecule has 2 heterocycles. The highest BCUT2D eigenvalue weighted by Crippen LogP contribution is 2.38. The zero-order chi connectivity index (χ0) is 14.0. The van der Waals surface area contributed by atoms with Crippen molar-refractivity contribution in [1.82, 2.24) is 5.32 Å². The zero-order valence-electron chi connectivity index (χ0n) is 10.6. The lowest BCUT2D eigenvalue weighted by molar-refractivity contribution is 0.0964. The first-order valence-corrected chi connectivity index (χ1v) is 7.80. The number of carbonyl (C=O) groups is 2. The van der Waals surface area contributed by atoms with E-state index in [4.69, 9.17) is 11.5 Å². The summed E-state index contributed by atoms with van der Waals surface area (Å²) in [6.45, 7) is 1.68. The van der Waals surface area contributed by atoms with Gasteiger partial charge in [-0.1, -0.05) is 0 Å². The second-order valence-corrected chi connectivity index (χ2v) is 6.29. The number of nitrogens with zero attached hydrogens (tertiary/aromatic N) is 1. The van der Waals surface area contributed by atoms with Gasteiger partial charge in [0.2, 0.25) is 0 Å². The number of nitrogens with two attached hydrogens (primary N) is 2. The molecule has 2 amide bonds. The second-order valence-electron chi connectivity index (χ2n) is 4.07. The molecule has 1 aromatic rings. The van der Waals surface area contributed by atoms with Crippen LogP contribution in [0.3, 0.4) is 0 Å². The third-order valence-corrected chi connectivity index (χ3v) is 5.13. The van der Waals surface area contributed by atoms with Gasteiger partial charge < -0.3 is 21.7 Å². The molecule has 1 aliphatic heterocycles. The average molecular weight is 300 g/mol. The minimum Gasteiger partial charge on any atom is -0.397 e. The summed E-state index contributed by atoms with van der Waals surface area (Å²) in [7, 11) is 1.54. The van der Waals surface area contributed by atoms with Crippen LogP contribution in [0.5, 0.6) is 0 Å². The molecule has 104 valence electrons. The van der Waals surface area contributed by atoms with Crippen LogP contribution in [0.1, 0.15) is 20.0 Å². The molecule has 5 N–H and O–H groups in total. The Bertz CT molecular complexity index is 509. The third-order valence-electron chi connectivity index (χ3n) is 2.90. The van der Waals surface area contributed by atoms with Crippen molar-refractivity contribution in [3.8, 4) is 0 Å². The maximum Gasteiger partial charge on any atom is 0.260 e. The molecule has 1 aromatic heterocycles. The number of thioether (sulfide) groups is 1. The van der Waals surface area contributed by atoms with Crippen molar-refractivity contribution in [1.29, 1.82) is 0 Å². The summed E-state index contributed by atoms with van der Waals surface area (Å²) in [6, 6.07) is 0. The molecule has 0 unspecified atom stereocenters. The number of anilines is 2. The van der Waals surface area contributed by atoms with Crippen LogP contribution in [0, 0.1) is 0 Å². The summed E-state index contributed by atoms with van der Waals surface area (Å²) in [5.41, 5.74) is 11.8. The number of carbonyl (C=O) groups excluding carboxylic acids is 2. The van der Waals surface area contributed by atoms with Crippen LogP contribution in [0.25, 0.3) is 0 Å². The van der Waals surface area contributed by atoms with Crippen molar-refractivity contribution in [3.05, 3.63) is 10.4 Å². The monoisotopic (exact) mass is 300 g/mol. The van der Waals surface area contributed by atoms with Crippen molar-refractivity contribution in [3.63, 3.8) is 0 Å². The second kappa shape index (κ2) is 5.70. The molecule has 19 heavy (non-hydrogen) atoms. The molecule has 0 radical (unpaired) electrons. The molecular formula is C11H16N4O2S2. The fourth-order valence-corrected chi connectivity index (χ4v) is 3.97. The van der Waals surface area contributed by atoms with E-state index in [0.29, 0.717) is 5.56 Å². The predicted molar refractivity (Wildman–Crippen MR) is 80.2 cm³/mol. The van der Waals surface area contributed by atoms with Gasteiger partial charge in [0, 0.05) is 31.6 Å². The Balaban J connectivity index is 2.48. The summed E-state index contributed by atoms with van der Waals surface area (Å²) in [4.78, 5) is 25.7. The Hall–Kier alpha value is -1.41. The highest BCUT2D eigenvalue weighted by molar-refractivity contribution is 7.99. The molecule has 0 aliphatic carbocycles. The maximum absolute atomic E-state index is 12.0. The molecule has 2 rings (SSSR count). The lowest BCUT2D eigenvalue weighted by Gasteiger charge is -2.27. The van der Waals surface area contributed by atoms with Crippen molar-refractivity contribution in [2.75, 3.05) is 42.3 Å². The largest absolute Gasteiger partial charge is 0.397 e. The van der Waals surface area contributed by atoms with E-state index in [-0.39, 0.29) is 16.5 Å². The number of thiophene rings is 1. The number of hydrogen-bond acceptors (Lipinski definition) is 6. The first kappa shape index (κ1) is 14.0. The Morgan fingerprint density at radius 3 is 2.47 bits per heavy atom. The SMILES string of the molecule is CNC(=O)c1c(N2CCSCC2)sc(C(N)=O)c1N. The van der Waals surface area contributed by atoms with Crippen molar-refractivity contribution >= 4 is 45.6 Å². The number of nitrogens with one attached hydrogen (secondary N) is 1. The molecule has 0 spiro atoms. The lowest BCUT2D eigenvalue weighted by Crippen LogP contribution is -2.33. The molecule has 0 atom stereocenters. The highest BCUT2D eigenvalue weighted by Gasteiger charge is 2.27. The van der Waals surface area contributed by atoms with Crippen LogP contribution >= 0.6 is 23.1 Å². The number of primary amides is 1. The van der Waals surface area contributed by atoms with Gasteiger partial charge in [-0.15, -0.1) is 11.3 Å². The fourth-order valence-electron chi connectivity index (χ4n) is 1.95. The molecule has 6 nitrogen and oxygen atoms in total. The molecule has 1 aliphatic rings. The van der Waals surface area contributed by atoms with Crippen LogP contribution in [-0.2, 0) is 0 Å². The molecule has 1 fully saturated rings. The van der Waals surface area contributed by atoms with Crippen LogP contribution in [0.15, 0.2) is 0 Å². The van der Waals surface area contributed by atoms with E-state index in [1.165, 1.54) is 11.3 Å². The van der Waals surface area contributed by atoms with Gasteiger partial charge in [0.15, 0.2) is 0 Å². The molecule has 0 saturated carbocycles. The quantitative estimate of drug-likeness (QED) is 0.747. The van der Waals surface area contributed by atoms with Crippen molar-refractivity contribution in [2.24, 2.45) is 5.73 Å². The number of nitrogen functional groups attached to an aromatic ring is 1. The van der Waals surface area contributed by atoms with Crippen molar-refractivity contribution < 1.29 is 9.59 Å². The van der Waals surface area contributed by atoms with Gasteiger partial charge in [-0.25, -0.2) is 0 Å². The Morgan fingerprint density at radius 2 is 1.95 bits per heavy atom. The molecular weight excluding hydrogens is 284 g/mol. The first-order chi connectivity index (χ1) is 9.06. The van der Waals surface area contributed by atoms with E-state index in [1.807, 2.05) is 11.8 Å². The predicted octanol–water partition coefficient (Wildman–Crippen LogP) is 0.342. The van der Waals surface area contributed by atoms with E-state index in [1.54, 1.807) is 7.05 Å². The van der Waals surface area contributed by atoms with Gasteiger partial charge in [-0.3, -0.25) is 9.59 Å². The Kier molecular flexibility index (Phi) is 4.20. The van der Waals surface area contributed by atoms with Gasteiger partial charge in [0.1, 0.15) is 9.88 Å². The normalized spacial score (nSPS) is 15.3. The van der Waals surface area contributed by atoms with Crippen LogP contribution < -0.4 is 21.7 Å². The van der Waals surface area contributed by atoms with E-state index < -0.39 is 5.91 Å². The zero-order valence-corrected chi connectivity index (χ0v) is 12.2. The maximum atomic E-state index is 12.0. The van der Waals surface area contributed by atoms with E-state index in [9.17, 15) is 9.59 Å². The van der Waals surface area contributed by atoms with Gasteiger partial charge in [0.25, 0.3) is 11.8 Å². The molecule has 8 heteroatoms. The highest BCUT2D eigenvalue weighted by atomic mass is 32.2. The van der Waals surface area contributed by atoms with E-state index in [2.05, 4.69) is 10.2 Å². The fraction of sp³-hybridized carbons (Fsp3) is 0.455. The van der Waals surface area contributed by atoms with Crippen molar-refractivity contribution in [2.45, 2.75) is 0 Å². The van der Waals surface area contributed by atoms with Gasteiger partial charge in [-0.05, 0) is 0 Å². The summed E-state index contributed by atoms with van der Waals surface area (Å²) < 4.78 is 0. The molecule has 0 bridgehead atoms. The Morgan fingerprint density at radius 1 is 1.32 bits per heavy atom. The number of amides is 2. The standard InChI is InChI=1S/C11H16N4O2S2/c1-14-10(17)6-7(12)8(9(13)16)19-11(6)15-2-4-18-5-3-15/h2-5,12H2,1H3,(H2,13,16)(H,14,17). The van der Waals surface area contributed by atoms with Crippen LogP contribution in [0.2, 0.25) is 0 Å². The van der Waals surface area contributed by atoms with Gasteiger partial charge in [-0.2, -0.15) is 11.8 Å². The number of rotatable bonds is 3. The summed E-state index contributed by atoms with van der Waals surface area (Å²) in [5.74, 6) is 1.12.